The molecule has 0 radical (unpaired) electrons. The van der Waals surface area contributed by atoms with Crippen LogP contribution in [-0.2, 0) is 12.7 Å². The van der Waals surface area contributed by atoms with Crippen LogP contribution >= 0.6 is 0 Å². The van der Waals surface area contributed by atoms with Gasteiger partial charge in [0.15, 0.2) is 0 Å². The van der Waals surface area contributed by atoms with Crippen LogP contribution in [0.3, 0.4) is 0 Å². The van der Waals surface area contributed by atoms with Crippen molar-refractivity contribution >= 4 is 17.4 Å². The largest absolute Gasteiger partial charge is 0.416 e. The molecule has 0 bridgehead atoms. The third kappa shape index (κ3) is 6.14. The first-order chi connectivity index (χ1) is 16.3. The molecule has 0 saturated carbocycles. The summed E-state index contributed by atoms with van der Waals surface area (Å²) in [5.74, 6) is 0.205. The molecule has 178 valence electrons. The molecule has 0 unspecified atom stereocenters. The summed E-state index contributed by atoms with van der Waals surface area (Å²) in [4.78, 5) is 21.6. The van der Waals surface area contributed by atoms with Crippen molar-refractivity contribution in [2.45, 2.75) is 26.1 Å². The third-order valence-electron chi connectivity index (χ3n) is 5.86. The summed E-state index contributed by atoms with van der Waals surface area (Å²) < 4.78 is 38.7. The zero-order valence-corrected chi connectivity index (χ0v) is 19.0. The molecule has 5 nitrogen and oxygen atoms in total. The van der Waals surface area contributed by atoms with E-state index in [2.05, 4.69) is 51.3 Å². The molecule has 1 amide bonds. The zero-order valence-electron chi connectivity index (χ0n) is 19.0. The molecule has 0 aliphatic carbocycles. The van der Waals surface area contributed by atoms with Gasteiger partial charge in [0.25, 0.3) is 5.91 Å². The number of benzene rings is 2. The summed E-state index contributed by atoms with van der Waals surface area (Å²) in [6.07, 6.45) is -1.94. The van der Waals surface area contributed by atoms with Crippen molar-refractivity contribution in [3.05, 3.63) is 89.1 Å². The van der Waals surface area contributed by atoms with Crippen LogP contribution in [0.1, 0.15) is 33.5 Å². The van der Waals surface area contributed by atoms with E-state index in [9.17, 15) is 18.0 Å². The van der Waals surface area contributed by atoms with E-state index in [1.54, 1.807) is 6.07 Å². The SMILES string of the molecule is Cc1cccc(CN2CCCN(c3ccc(NC(=O)c4cccc(C(F)(F)F)c4)cn3)CC2)c1. The number of carbonyl (C=O) groups is 1. The van der Waals surface area contributed by atoms with Crippen LogP contribution in [0.2, 0.25) is 0 Å². The fourth-order valence-electron chi connectivity index (χ4n) is 4.11. The predicted octanol–water partition coefficient (Wildman–Crippen LogP) is 5.37. The van der Waals surface area contributed by atoms with Crippen LogP contribution in [0.5, 0.6) is 0 Å². The number of amides is 1. The summed E-state index contributed by atoms with van der Waals surface area (Å²) in [7, 11) is 0. The molecule has 0 atom stereocenters. The lowest BCUT2D eigenvalue weighted by molar-refractivity contribution is -0.137. The smallest absolute Gasteiger partial charge is 0.355 e. The van der Waals surface area contributed by atoms with Crippen molar-refractivity contribution in [3.8, 4) is 0 Å². The van der Waals surface area contributed by atoms with E-state index in [1.165, 1.54) is 29.5 Å². The van der Waals surface area contributed by atoms with Gasteiger partial charge in [0.2, 0.25) is 0 Å². The maximum atomic E-state index is 12.9. The van der Waals surface area contributed by atoms with Crippen molar-refractivity contribution in [3.63, 3.8) is 0 Å². The second kappa shape index (κ2) is 10.3. The average molecular weight is 469 g/mol. The van der Waals surface area contributed by atoms with Gasteiger partial charge in [-0.2, -0.15) is 13.2 Å². The average Bonchev–Trinajstić information content (AvgIpc) is 3.05. The summed E-state index contributed by atoms with van der Waals surface area (Å²) in [5.41, 5.74) is 2.10. The van der Waals surface area contributed by atoms with Gasteiger partial charge in [0, 0.05) is 38.3 Å². The van der Waals surface area contributed by atoms with E-state index >= 15 is 0 Å². The first kappa shape index (κ1) is 23.8. The van der Waals surface area contributed by atoms with Crippen molar-refractivity contribution in [1.82, 2.24) is 9.88 Å². The highest BCUT2D eigenvalue weighted by molar-refractivity contribution is 6.04. The molecule has 1 N–H and O–H groups in total. The van der Waals surface area contributed by atoms with Gasteiger partial charge in [-0.25, -0.2) is 4.98 Å². The number of rotatable bonds is 5. The summed E-state index contributed by atoms with van der Waals surface area (Å²) >= 11 is 0. The number of anilines is 2. The minimum absolute atomic E-state index is 0.0554. The Labute approximate surface area is 197 Å². The van der Waals surface area contributed by atoms with Gasteiger partial charge in [-0.3, -0.25) is 9.69 Å². The van der Waals surface area contributed by atoms with Crippen LogP contribution in [0, 0.1) is 6.92 Å². The number of carbonyl (C=O) groups excluding carboxylic acids is 1. The molecule has 1 aromatic heterocycles. The normalized spacial score (nSPS) is 15.1. The third-order valence-corrected chi connectivity index (χ3v) is 5.86. The van der Waals surface area contributed by atoms with Crippen LogP contribution in [0.25, 0.3) is 0 Å². The Hall–Kier alpha value is -3.39. The molecule has 2 heterocycles. The summed E-state index contributed by atoms with van der Waals surface area (Å²) in [6.45, 7) is 6.68. The van der Waals surface area contributed by atoms with Crippen LogP contribution in [0.15, 0.2) is 66.9 Å². The highest BCUT2D eigenvalue weighted by Crippen LogP contribution is 2.29. The second-order valence-electron chi connectivity index (χ2n) is 8.54. The Bertz CT molecular complexity index is 1130. The van der Waals surface area contributed by atoms with Crippen molar-refractivity contribution in [2.24, 2.45) is 0 Å². The Morgan fingerprint density at radius 1 is 1.00 bits per heavy atom. The minimum atomic E-state index is -4.50. The van der Waals surface area contributed by atoms with Gasteiger partial charge >= 0.3 is 6.18 Å². The van der Waals surface area contributed by atoms with Crippen molar-refractivity contribution < 1.29 is 18.0 Å². The molecule has 2 aromatic carbocycles. The number of aryl methyl sites for hydroxylation is 1. The quantitative estimate of drug-likeness (QED) is 0.547. The maximum absolute atomic E-state index is 12.9. The highest BCUT2D eigenvalue weighted by atomic mass is 19.4. The van der Waals surface area contributed by atoms with Gasteiger partial charge in [-0.1, -0.05) is 35.9 Å². The number of nitrogens with zero attached hydrogens (tertiary/aromatic N) is 3. The molecular weight excluding hydrogens is 441 g/mol. The van der Waals surface area contributed by atoms with Crippen LogP contribution < -0.4 is 10.2 Å². The topological polar surface area (TPSA) is 48.5 Å². The molecule has 1 aliphatic rings. The van der Waals surface area contributed by atoms with Crippen molar-refractivity contribution in [1.29, 1.82) is 0 Å². The Kier molecular flexibility index (Phi) is 7.17. The Morgan fingerprint density at radius 3 is 2.56 bits per heavy atom. The Morgan fingerprint density at radius 2 is 1.82 bits per heavy atom. The molecular formula is C26H27F3N4O. The number of nitrogens with one attached hydrogen (secondary N) is 1. The first-order valence-corrected chi connectivity index (χ1v) is 11.3. The summed E-state index contributed by atoms with van der Waals surface area (Å²) in [5, 5.41) is 2.62. The predicted molar refractivity (Wildman–Crippen MR) is 127 cm³/mol. The van der Waals surface area contributed by atoms with E-state index in [4.69, 9.17) is 0 Å². The molecule has 1 fully saturated rings. The highest BCUT2D eigenvalue weighted by Gasteiger charge is 2.30. The van der Waals surface area contributed by atoms with E-state index in [-0.39, 0.29) is 5.56 Å². The fraction of sp³-hybridized carbons (Fsp3) is 0.308. The molecule has 1 saturated heterocycles. The number of hydrogen-bond donors (Lipinski definition) is 1. The molecule has 34 heavy (non-hydrogen) atoms. The standard InChI is InChI=1S/C26H27F3N4O/c1-19-5-2-6-20(15-19)18-32-11-4-12-33(14-13-32)24-10-9-23(17-30-24)31-25(34)21-7-3-8-22(16-21)26(27,28)29/h2-3,5-10,15-17H,4,11-14,18H2,1H3,(H,31,34). The van der Waals surface area contributed by atoms with Crippen molar-refractivity contribution in [2.75, 3.05) is 36.4 Å². The van der Waals surface area contributed by atoms with Gasteiger partial charge in [-0.15, -0.1) is 0 Å². The second-order valence-corrected chi connectivity index (χ2v) is 8.54. The van der Waals surface area contributed by atoms with Gasteiger partial charge < -0.3 is 10.2 Å². The number of pyridine rings is 1. The van der Waals surface area contributed by atoms with Crippen LogP contribution in [0.4, 0.5) is 24.7 Å². The lowest BCUT2D eigenvalue weighted by Gasteiger charge is -2.23. The van der Waals surface area contributed by atoms with E-state index in [1.807, 2.05) is 6.07 Å². The van der Waals surface area contributed by atoms with Gasteiger partial charge in [0.05, 0.1) is 17.4 Å². The number of hydrogen-bond acceptors (Lipinski definition) is 4. The number of halogens is 3. The maximum Gasteiger partial charge on any atom is 0.416 e. The fourth-order valence-corrected chi connectivity index (χ4v) is 4.11. The first-order valence-electron chi connectivity index (χ1n) is 11.3. The minimum Gasteiger partial charge on any atom is -0.355 e. The molecule has 4 rings (SSSR count). The van der Waals surface area contributed by atoms with Crippen LogP contribution in [-0.4, -0.2) is 42.0 Å². The van der Waals surface area contributed by atoms with E-state index in [0.717, 1.165) is 57.1 Å². The molecule has 8 heteroatoms. The summed E-state index contributed by atoms with van der Waals surface area (Å²) in [6, 6.07) is 16.5. The van der Waals surface area contributed by atoms with E-state index in [0.29, 0.717) is 5.69 Å². The van der Waals surface area contributed by atoms with Gasteiger partial charge in [-0.05, 0) is 49.2 Å². The monoisotopic (exact) mass is 468 g/mol. The zero-order chi connectivity index (χ0) is 24.1. The molecule has 0 spiro atoms. The molecule has 1 aliphatic heterocycles. The molecule has 3 aromatic rings. The van der Waals surface area contributed by atoms with E-state index < -0.39 is 17.6 Å². The Balaban J connectivity index is 1.35. The lowest BCUT2D eigenvalue weighted by atomic mass is 10.1. The van der Waals surface area contributed by atoms with Gasteiger partial charge in [0.1, 0.15) is 5.82 Å². The number of alkyl halides is 3. The number of aromatic nitrogens is 1. The lowest BCUT2D eigenvalue weighted by Crippen LogP contribution is -2.31.